The van der Waals surface area contributed by atoms with Crippen LogP contribution in [0, 0.1) is 0 Å². The quantitative estimate of drug-likeness (QED) is 0.820. The lowest BCUT2D eigenvalue weighted by Crippen LogP contribution is -2.52. The number of amides is 1. The predicted molar refractivity (Wildman–Crippen MR) is 92.0 cm³/mol. The Morgan fingerprint density at radius 3 is 2.12 bits per heavy atom. The van der Waals surface area contributed by atoms with E-state index in [4.69, 9.17) is 21.1 Å². The van der Waals surface area contributed by atoms with Crippen LogP contribution in [0.4, 0.5) is 0 Å². The van der Waals surface area contributed by atoms with Gasteiger partial charge in [0.25, 0.3) is 0 Å². The van der Waals surface area contributed by atoms with Gasteiger partial charge < -0.3 is 14.4 Å². The van der Waals surface area contributed by atoms with Gasteiger partial charge in [0.1, 0.15) is 0 Å². The Labute approximate surface area is 148 Å². The summed E-state index contributed by atoms with van der Waals surface area (Å²) in [7, 11) is 0. The molecule has 1 aromatic rings. The summed E-state index contributed by atoms with van der Waals surface area (Å²) in [5.74, 6) is -0.157. The Bertz CT molecular complexity index is 594. The van der Waals surface area contributed by atoms with Gasteiger partial charge in [-0.2, -0.15) is 0 Å². The molecule has 0 atom stereocenters. The minimum absolute atomic E-state index is 0.273. The number of benzene rings is 1. The number of hydrogen-bond acceptors (Lipinski definition) is 3. The summed E-state index contributed by atoms with van der Waals surface area (Å²) in [6.45, 7) is 2.77. The maximum atomic E-state index is 13.4. The Morgan fingerprint density at radius 2 is 1.54 bits per heavy atom. The topological polar surface area (TPSA) is 38.8 Å². The van der Waals surface area contributed by atoms with E-state index in [1.165, 1.54) is 0 Å². The normalized spacial score (nSPS) is 25.3. The fourth-order valence-corrected chi connectivity index (χ4v) is 4.64. The van der Waals surface area contributed by atoms with Crippen molar-refractivity contribution in [1.29, 1.82) is 0 Å². The van der Waals surface area contributed by atoms with E-state index in [0.717, 1.165) is 49.1 Å². The zero-order valence-corrected chi connectivity index (χ0v) is 14.7. The maximum absolute atomic E-state index is 13.4. The van der Waals surface area contributed by atoms with Crippen LogP contribution < -0.4 is 0 Å². The van der Waals surface area contributed by atoms with Crippen molar-refractivity contribution in [2.45, 2.75) is 49.7 Å². The van der Waals surface area contributed by atoms with Crippen LogP contribution in [0.15, 0.2) is 24.3 Å². The second-order valence-corrected chi connectivity index (χ2v) is 7.63. The molecule has 0 N–H and O–H groups in total. The fourth-order valence-electron chi connectivity index (χ4n) is 4.51. The van der Waals surface area contributed by atoms with Crippen molar-refractivity contribution in [3.8, 4) is 0 Å². The van der Waals surface area contributed by atoms with E-state index < -0.39 is 5.79 Å². The molecule has 1 spiro atoms. The Hall–Kier alpha value is -1.10. The highest BCUT2D eigenvalue weighted by molar-refractivity contribution is 6.30. The molecule has 1 amide bonds. The lowest BCUT2D eigenvalue weighted by Gasteiger charge is -2.41. The summed E-state index contributed by atoms with van der Waals surface area (Å²) in [6, 6.07) is 7.85. The fraction of sp³-hybridized carbons (Fsp3) is 0.632. The van der Waals surface area contributed by atoms with Crippen molar-refractivity contribution in [2.75, 3.05) is 26.3 Å². The molecule has 0 radical (unpaired) electrons. The molecule has 1 saturated carbocycles. The number of likely N-dealkylation sites (tertiary alicyclic amines) is 1. The van der Waals surface area contributed by atoms with Gasteiger partial charge in [-0.05, 0) is 30.5 Å². The molecular formula is C19H24ClNO3. The number of ether oxygens (including phenoxy) is 2. The highest BCUT2D eigenvalue weighted by atomic mass is 35.5. The number of halogens is 1. The summed E-state index contributed by atoms with van der Waals surface area (Å²) in [4.78, 5) is 15.4. The molecule has 2 aliphatic heterocycles. The van der Waals surface area contributed by atoms with Gasteiger partial charge in [0.15, 0.2) is 5.79 Å². The monoisotopic (exact) mass is 349 g/mol. The number of nitrogens with zero attached hydrogens (tertiary/aromatic N) is 1. The summed E-state index contributed by atoms with van der Waals surface area (Å²) < 4.78 is 11.6. The molecule has 24 heavy (non-hydrogen) atoms. The molecular weight excluding hydrogens is 326 g/mol. The van der Waals surface area contributed by atoms with Gasteiger partial charge in [-0.1, -0.05) is 36.6 Å². The van der Waals surface area contributed by atoms with E-state index in [-0.39, 0.29) is 11.3 Å². The van der Waals surface area contributed by atoms with E-state index in [2.05, 4.69) is 0 Å². The largest absolute Gasteiger partial charge is 0.347 e. The first-order valence-corrected chi connectivity index (χ1v) is 9.35. The minimum Gasteiger partial charge on any atom is -0.347 e. The first-order valence-electron chi connectivity index (χ1n) is 8.97. The first-order chi connectivity index (χ1) is 11.6. The Balaban J connectivity index is 1.54. The van der Waals surface area contributed by atoms with Crippen molar-refractivity contribution >= 4 is 17.5 Å². The van der Waals surface area contributed by atoms with Crippen LogP contribution in [-0.4, -0.2) is 42.9 Å². The third kappa shape index (κ3) is 2.75. The van der Waals surface area contributed by atoms with Crippen molar-refractivity contribution < 1.29 is 14.3 Å². The molecule has 3 fully saturated rings. The molecule has 5 heteroatoms. The molecule has 4 rings (SSSR count). The Kier molecular flexibility index (Phi) is 4.31. The standard InChI is InChI=1S/C19H24ClNO3/c20-16-5-3-15(4-6-16)18(7-1-2-8-18)17(22)21-11-9-19(10-12-21)23-13-14-24-19/h3-6H,1-2,7-14H2. The highest BCUT2D eigenvalue weighted by Gasteiger charge is 2.48. The van der Waals surface area contributed by atoms with E-state index in [0.29, 0.717) is 26.3 Å². The van der Waals surface area contributed by atoms with Crippen molar-refractivity contribution in [3.63, 3.8) is 0 Å². The van der Waals surface area contributed by atoms with Crippen LogP contribution >= 0.6 is 11.6 Å². The van der Waals surface area contributed by atoms with Gasteiger partial charge in [0.2, 0.25) is 5.91 Å². The predicted octanol–water partition coefficient (Wildman–Crippen LogP) is 3.52. The zero-order chi connectivity index (χ0) is 16.6. The van der Waals surface area contributed by atoms with Gasteiger partial charge in [0, 0.05) is 31.0 Å². The van der Waals surface area contributed by atoms with Gasteiger partial charge in [-0.15, -0.1) is 0 Å². The molecule has 0 aromatic heterocycles. The number of carbonyl (C=O) groups is 1. The lowest BCUT2D eigenvalue weighted by molar-refractivity contribution is -0.188. The zero-order valence-electron chi connectivity index (χ0n) is 13.9. The molecule has 3 aliphatic rings. The van der Waals surface area contributed by atoms with E-state index in [9.17, 15) is 4.79 Å². The molecule has 4 nitrogen and oxygen atoms in total. The van der Waals surface area contributed by atoms with Gasteiger partial charge >= 0.3 is 0 Å². The number of hydrogen-bond donors (Lipinski definition) is 0. The summed E-state index contributed by atoms with van der Waals surface area (Å²) >= 11 is 6.04. The summed E-state index contributed by atoms with van der Waals surface area (Å²) in [6.07, 6.45) is 5.63. The first kappa shape index (κ1) is 16.4. The number of rotatable bonds is 2. The van der Waals surface area contributed by atoms with Crippen molar-refractivity contribution in [1.82, 2.24) is 4.90 Å². The molecule has 2 heterocycles. The summed E-state index contributed by atoms with van der Waals surface area (Å²) in [5, 5.41) is 0.717. The van der Waals surface area contributed by atoms with Crippen LogP contribution in [0.1, 0.15) is 44.1 Å². The molecule has 0 bridgehead atoms. The lowest BCUT2D eigenvalue weighted by atomic mass is 9.77. The van der Waals surface area contributed by atoms with E-state index in [1.807, 2.05) is 29.2 Å². The average Bonchev–Trinajstić information content (AvgIpc) is 3.26. The maximum Gasteiger partial charge on any atom is 0.233 e. The average molecular weight is 350 g/mol. The van der Waals surface area contributed by atoms with E-state index >= 15 is 0 Å². The third-order valence-electron chi connectivity index (χ3n) is 5.89. The van der Waals surface area contributed by atoms with Gasteiger partial charge in [-0.3, -0.25) is 4.79 Å². The van der Waals surface area contributed by atoms with Crippen LogP contribution in [0.2, 0.25) is 5.02 Å². The minimum atomic E-state index is -0.431. The van der Waals surface area contributed by atoms with Crippen LogP contribution in [-0.2, 0) is 19.7 Å². The van der Waals surface area contributed by atoms with Gasteiger partial charge in [0.05, 0.1) is 18.6 Å². The molecule has 1 aliphatic carbocycles. The number of carbonyl (C=O) groups excluding carboxylic acids is 1. The van der Waals surface area contributed by atoms with Gasteiger partial charge in [-0.25, -0.2) is 0 Å². The van der Waals surface area contributed by atoms with Crippen molar-refractivity contribution in [2.24, 2.45) is 0 Å². The second-order valence-electron chi connectivity index (χ2n) is 7.20. The Morgan fingerprint density at radius 1 is 0.958 bits per heavy atom. The van der Waals surface area contributed by atoms with Crippen LogP contribution in [0.5, 0.6) is 0 Å². The third-order valence-corrected chi connectivity index (χ3v) is 6.14. The smallest absolute Gasteiger partial charge is 0.233 e. The molecule has 2 saturated heterocycles. The second kappa shape index (κ2) is 6.32. The van der Waals surface area contributed by atoms with Crippen LogP contribution in [0.25, 0.3) is 0 Å². The van der Waals surface area contributed by atoms with E-state index in [1.54, 1.807) is 0 Å². The molecule has 130 valence electrons. The van der Waals surface area contributed by atoms with Crippen molar-refractivity contribution in [3.05, 3.63) is 34.9 Å². The SMILES string of the molecule is O=C(N1CCC2(CC1)OCCO2)C1(c2ccc(Cl)cc2)CCCC1. The number of piperidine rings is 1. The highest BCUT2D eigenvalue weighted by Crippen LogP contribution is 2.44. The van der Waals surface area contributed by atoms with Crippen LogP contribution in [0.3, 0.4) is 0 Å². The molecule has 1 aromatic carbocycles. The summed E-state index contributed by atoms with van der Waals surface area (Å²) in [5.41, 5.74) is 0.745. The molecule has 0 unspecified atom stereocenters.